The van der Waals surface area contributed by atoms with Crippen molar-refractivity contribution in [3.63, 3.8) is 0 Å². The van der Waals surface area contributed by atoms with Gasteiger partial charge in [-0.05, 0) is 19.1 Å². The molecule has 3 rings (SSSR count). The second-order valence-electron chi connectivity index (χ2n) is 6.06. The minimum Gasteiger partial charge on any atom is -0.492 e. The SMILES string of the molecule is CCOc1cccc2sc(N3CCN(CCNC(=O)CC)CC3)nc12. The van der Waals surface area contributed by atoms with Crippen LogP contribution in [-0.2, 0) is 4.79 Å². The Labute approximate surface area is 152 Å². The monoisotopic (exact) mass is 362 g/mol. The third kappa shape index (κ3) is 4.41. The zero-order chi connectivity index (χ0) is 17.6. The van der Waals surface area contributed by atoms with Gasteiger partial charge in [-0.3, -0.25) is 9.69 Å². The van der Waals surface area contributed by atoms with E-state index in [2.05, 4.69) is 21.2 Å². The molecule has 1 aromatic heterocycles. The van der Waals surface area contributed by atoms with Crippen molar-refractivity contribution in [1.82, 2.24) is 15.2 Å². The molecule has 1 aromatic carbocycles. The summed E-state index contributed by atoms with van der Waals surface area (Å²) in [6.45, 7) is 10.1. The minimum atomic E-state index is 0.123. The number of ether oxygens (including phenoxy) is 1. The van der Waals surface area contributed by atoms with Crippen molar-refractivity contribution in [3.05, 3.63) is 18.2 Å². The summed E-state index contributed by atoms with van der Waals surface area (Å²) in [5, 5.41) is 4.01. The number of thiazole rings is 1. The molecule has 0 saturated carbocycles. The van der Waals surface area contributed by atoms with Crippen LogP contribution in [0.4, 0.5) is 5.13 Å². The van der Waals surface area contributed by atoms with E-state index in [1.54, 1.807) is 11.3 Å². The molecule has 0 unspecified atom stereocenters. The van der Waals surface area contributed by atoms with Crippen LogP contribution in [0.2, 0.25) is 0 Å². The highest BCUT2D eigenvalue weighted by atomic mass is 32.1. The highest BCUT2D eigenvalue weighted by Crippen LogP contribution is 2.34. The molecular weight excluding hydrogens is 336 g/mol. The smallest absolute Gasteiger partial charge is 0.219 e. The number of rotatable bonds is 7. The summed E-state index contributed by atoms with van der Waals surface area (Å²) in [6, 6.07) is 6.11. The fourth-order valence-corrected chi connectivity index (χ4v) is 3.99. The number of nitrogens with one attached hydrogen (secondary N) is 1. The summed E-state index contributed by atoms with van der Waals surface area (Å²) in [5.41, 5.74) is 0.967. The third-order valence-corrected chi connectivity index (χ3v) is 5.47. The molecule has 6 nitrogen and oxygen atoms in total. The molecule has 1 saturated heterocycles. The van der Waals surface area contributed by atoms with Crippen LogP contribution in [0.25, 0.3) is 10.2 Å². The average molecular weight is 362 g/mol. The molecule has 2 heterocycles. The third-order valence-electron chi connectivity index (χ3n) is 4.38. The predicted molar refractivity (Wildman–Crippen MR) is 103 cm³/mol. The molecule has 1 N–H and O–H groups in total. The number of benzene rings is 1. The highest BCUT2D eigenvalue weighted by molar-refractivity contribution is 7.22. The molecule has 1 aliphatic rings. The zero-order valence-corrected chi connectivity index (χ0v) is 15.8. The van der Waals surface area contributed by atoms with E-state index in [0.717, 1.165) is 55.7 Å². The number of piperazine rings is 1. The number of carbonyl (C=O) groups excluding carboxylic acids is 1. The standard InChI is InChI=1S/C18H26N4O2S/c1-3-16(23)19-8-9-21-10-12-22(13-11-21)18-20-17-14(24-4-2)6-5-7-15(17)25-18/h5-7H,3-4,8-13H2,1-2H3,(H,19,23). The molecule has 0 radical (unpaired) electrons. The molecule has 1 amide bonds. The fourth-order valence-electron chi connectivity index (χ4n) is 2.96. The summed E-state index contributed by atoms with van der Waals surface area (Å²) in [5.74, 6) is 0.992. The van der Waals surface area contributed by atoms with Gasteiger partial charge < -0.3 is 15.0 Å². The van der Waals surface area contributed by atoms with Crippen molar-refractivity contribution in [2.24, 2.45) is 0 Å². The number of amides is 1. The number of fused-ring (bicyclic) bond motifs is 1. The number of hydrogen-bond acceptors (Lipinski definition) is 6. The van der Waals surface area contributed by atoms with Crippen molar-refractivity contribution >= 4 is 32.6 Å². The Kier molecular flexibility index (Phi) is 6.09. The fraction of sp³-hybridized carbons (Fsp3) is 0.556. The van der Waals surface area contributed by atoms with Gasteiger partial charge in [-0.25, -0.2) is 4.98 Å². The van der Waals surface area contributed by atoms with Gasteiger partial charge in [-0.1, -0.05) is 24.3 Å². The molecule has 25 heavy (non-hydrogen) atoms. The number of para-hydroxylation sites is 1. The van der Waals surface area contributed by atoms with Crippen molar-refractivity contribution < 1.29 is 9.53 Å². The van der Waals surface area contributed by atoms with Crippen LogP contribution < -0.4 is 15.0 Å². The largest absolute Gasteiger partial charge is 0.492 e. The van der Waals surface area contributed by atoms with Crippen LogP contribution in [0, 0.1) is 0 Å². The van der Waals surface area contributed by atoms with Gasteiger partial charge in [-0.2, -0.15) is 0 Å². The van der Waals surface area contributed by atoms with Gasteiger partial charge in [0.2, 0.25) is 5.91 Å². The predicted octanol–water partition coefficient (Wildman–Crippen LogP) is 2.34. The first-order valence-corrected chi connectivity index (χ1v) is 9.79. The van der Waals surface area contributed by atoms with E-state index in [9.17, 15) is 4.79 Å². The van der Waals surface area contributed by atoms with Gasteiger partial charge in [-0.15, -0.1) is 0 Å². The Hall–Kier alpha value is -1.86. The quantitative estimate of drug-likeness (QED) is 0.819. The van der Waals surface area contributed by atoms with Gasteiger partial charge in [0, 0.05) is 45.7 Å². The first-order valence-electron chi connectivity index (χ1n) is 8.97. The van der Waals surface area contributed by atoms with Crippen LogP contribution >= 0.6 is 11.3 Å². The van der Waals surface area contributed by atoms with E-state index in [1.807, 2.05) is 26.0 Å². The van der Waals surface area contributed by atoms with Crippen LogP contribution in [0.15, 0.2) is 18.2 Å². The lowest BCUT2D eigenvalue weighted by Gasteiger charge is -2.34. The lowest BCUT2D eigenvalue weighted by molar-refractivity contribution is -0.120. The van der Waals surface area contributed by atoms with E-state index in [-0.39, 0.29) is 5.91 Å². The van der Waals surface area contributed by atoms with Crippen LogP contribution in [-0.4, -0.2) is 61.7 Å². The van der Waals surface area contributed by atoms with Crippen molar-refractivity contribution in [2.75, 3.05) is 50.8 Å². The van der Waals surface area contributed by atoms with Crippen LogP contribution in [0.5, 0.6) is 5.75 Å². The van der Waals surface area contributed by atoms with E-state index in [4.69, 9.17) is 9.72 Å². The Balaban J connectivity index is 1.57. The molecule has 1 fully saturated rings. The summed E-state index contributed by atoms with van der Waals surface area (Å²) >= 11 is 1.73. The Morgan fingerprint density at radius 2 is 2.08 bits per heavy atom. The number of carbonyl (C=O) groups is 1. The van der Waals surface area contributed by atoms with Crippen LogP contribution in [0.1, 0.15) is 20.3 Å². The van der Waals surface area contributed by atoms with Gasteiger partial charge in [0.05, 0.1) is 11.3 Å². The van der Waals surface area contributed by atoms with Gasteiger partial charge >= 0.3 is 0 Å². The molecule has 0 spiro atoms. The van der Waals surface area contributed by atoms with E-state index in [1.165, 1.54) is 4.70 Å². The Bertz CT molecular complexity index is 710. The first-order chi connectivity index (χ1) is 12.2. The lowest BCUT2D eigenvalue weighted by Crippen LogP contribution is -2.48. The van der Waals surface area contributed by atoms with Gasteiger partial charge in [0.1, 0.15) is 11.3 Å². The second kappa shape index (κ2) is 8.49. The Morgan fingerprint density at radius 1 is 1.28 bits per heavy atom. The number of nitrogens with zero attached hydrogens (tertiary/aromatic N) is 3. The maximum atomic E-state index is 11.3. The molecule has 2 aromatic rings. The van der Waals surface area contributed by atoms with Gasteiger partial charge in [0.25, 0.3) is 0 Å². The van der Waals surface area contributed by atoms with Gasteiger partial charge in [0.15, 0.2) is 5.13 Å². The summed E-state index contributed by atoms with van der Waals surface area (Å²) in [4.78, 5) is 20.9. The molecule has 1 aliphatic heterocycles. The summed E-state index contributed by atoms with van der Waals surface area (Å²) < 4.78 is 6.86. The van der Waals surface area contributed by atoms with E-state index in [0.29, 0.717) is 13.0 Å². The Morgan fingerprint density at radius 3 is 2.80 bits per heavy atom. The first kappa shape index (κ1) is 17.9. The molecule has 136 valence electrons. The average Bonchev–Trinajstić information content (AvgIpc) is 3.07. The molecule has 0 atom stereocenters. The molecule has 0 aliphatic carbocycles. The highest BCUT2D eigenvalue weighted by Gasteiger charge is 2.20. The lowest BCUT2D eigenvalue weighted by atomic mass is 10.3. The van der Waals surface area contributed by atoms with Crippen molar-refractivity contribution in [2.45, 2.75) is 20.3 Å². The maximum absolute atomic E-state index is 11.3. The van der Waals surface area contributed by atoms with Crippen molar-refractivity contribution in [3.8, 4) is 5.75 Å². The van der Waals surface area contributed by atoms with Crippen molar-refractivity contribution in [1.29, 1.82) is 0 Å². The maximum Gasteiger partial charge on any atom is 0.219 e. The number of aromatic nitrogens is 1. The zero-order valence-electron chi connectivity index (χ0n) is 15.0. The van der Waals surface area contributed by atoms with E-state index >= 15 is 0 Å². The number of hydrogen-bond donors (Lipinski definition) is 1. The van der Waals surface area contributed by atoms with Crippen LogP contribution in [0.3, 0.4) is 0 Å². The van der Waals surface area contributed by atoms with E-state index < -0.39 is 0 Å². The summed E-state index contributed by atoms with van der Waals surface area (Å²) in [7, 11) is 0. The molecular formula is C18H26N4O2S. The second-order valence-corrected chi connectivity index (χ2v) is 7.07. The number of anilines is 1. The minimum absolute atomic E-state index is 0.123. The summed E-state index contributed by atoms with van der Waals surface area (Å²) in [6.07, 6.45) is 0.551. The molecule has 7 heteroatoms. The normalized spacial score (nSPS) is 15.5. The molecule has 0 bridgehead atoms. The topological polar surface area (TPSA) is 57.7 Å².